The first-order chi connectivity index (χ1) is 15.3. The number of ketones is 1. The van der Waals surface area contributed by atoms with Crippen molar-refractivity contribution in [2.75, 3.05) is 11.4 Å². The highest BCUT2D eigenvalue weighted by atomic mass is 16.3. The second-order valence-electron chi connectivity index (χ2n) is 7.07. The highest BCUT2D eigenvalue weighted by Crippen LogP contribution is 2.37. The van der Waals surface area contributed by atoms with Crippen molar-refractivity contribution in [1.82, 2.24) is 0 Å². The van der Waals surface area contributed by atoms with Gasteiger partial charge in [-0.25, -0.2) is 0 Å². The smallest absolute Gasteiger partial charge is 0.253 e. The largest absolute Gasteiger partial charge is 0.507 e. The van der Waals surface area contributed by atoms with Gasteiger partial charge in [0.05, 0.1) is 11.3 Å². The Hall–Kier alpha value is -4.26. The Bertz CT molecular complexity index is 1200. The molecule has 0 aromatic heterocycles. The van der Waals surface area contributed by atoms with E-state index in [-0.39, 0.29) is 28.7 Å². The molecule has 0 aliphatic carbocycles. The minimum Gasteiger partial charge on any atom is -0.507 e. The Morgan fingerprint density at radius 3 is 2.19 bits per heavy atom. The van der Waals surface area contributed by atoms with Crippen LogP contribution in [0.2, 0.25) is 0 Å². The van der Waals surface area contributed by atoms with Gasteiger partial charge in [0, 0.05) is 23.7 Å². The maximum atomic E-state index is 12.8. The van der Waals surface area contributed by atoms with Crippen LogP contribution in [0.15, 0.2) is 89.1 Å². The van der Waals surface area contributed by atoms with Crippen LogP contribution >= 0.6 is 0 Å². The number of phenols is 2. The molecule has 32 heavy (non-hydrogen) atoms. The fourth-order valence-electron chi connectivity index (χ4n) is 3.11. The summed E-state index contributed by atoms with van der Waals surface area (Å²) in [5.74, 6) is -1.35. The lowest BCUT2D eigenvalue weighted by molar-refractivity contribution is -0.115. The monoisotopic (exact) mass is 429 g/mol. The predicted octanol–water partition coefficient (Wildman–Crippen LogP) is 5.67. The molecular formula is C25H23N3O4. The molecule has 0 aliphatic heterocycles. The van der Waals surface area contributed by atoms with E-state index in [2.05, 4.69) is 16.8 Å². The van der Waals surface area contributed by atoms with Gasteiger partial charge >= 0.3 is 0 Å². The summed E-state index contributed by atoms with van der Waals surface area (Å²) in [5, 5.41) is 28.7. The number of anilines is 1. The number of nitrogens with zero attached hydrogens (tertiary/aromatic N) is 3. The Balaban J connectivity index is 2.00. The first-order valence-corrected chi connectivity index (χ1v) is 9.97. The molecule has 0 saturated carbocycles. The molecule has 0 unspecified atom stereocenters. The number of azo groups is 1. The number of rotatable bonds is 7. The second-order valence-corrected chi connectivity index (χ2v) is 7.07. The van der Waals surface area contributed by atoms with Gasteiger partial charge in [-0.15, -0.1) is 10.2 Å². The number of carbonyl (C=O) groups is 2. The lowest BCUT2D eigenvalue weighted by Crippen LogP contribution is -2.30. The molecule has 3 aromatic rings. The van der Waals surface area contributed by atoms with E-state index >= 15 is 0 Å². The highest BCUT2D eigenvalue weighted by molar-refractivity contribution is 6.11. The van der Waals surface area contributed by atoms with E-state index in [9.17, 15) is 19.8 Å². The minimum absolute atomic E-state index is 0.00570. The van der Waals surface area contributed by atoms with E-state index in [4.69, 9.17) is 0 Å². The molecule has 0 fully saturated rings. The summed E-state index contributed by atoms with van der Waals surface area (Å²) < 4.78 is 0. The van der Waals surface area contributed by atoms with E-state index in [1.807, 2.05) is 6.92 Å². The fraction of sp³-hybridized carbons (Fsp3) is 0.120. The highest BCUT2D eigenvalue weighted by Gasteiger charge is 2.19. The van der Waals surface area contributed by atoms with Crippen LogP contribution in [-0.4, -0.2) is 28.4 Å². The molecule has 0 spiro atoms. The van der Waals surface area contributed by atoms with Crippen LogP contribution in [-0.2, 0) is 4.79 Å². The molecule has 2 N–H and O–H groups in total. The Morgan fingerprint density at radius 2 is 1.53 bits per heavy atom. The number of phenolic OH excluding ortho intramolecular Hbond substituents is 2. The van der Waals surface area contributed by atoms with Crippen molar-refractivity contribution in [3.63, 3.8) is 0 Å². The van der Waals surface area contributed by atoms with Crippen LogP contribution in [0.5, 0.6) is 11.5 Å². The van der Waals surface area contributed by atoms with Crippen molar-refractivity contribution < 1.29 is 19.8 Å². The molecule has 0 radical (unpaired) electrons. The Kier molecular flexibility index (Phi) is 6.80. The number of para-hydroxylation sites is 1. The standard InChI is InChI=1S/C25H23N3O4/c1-4-28(25(32)16(2)3)21-13-9-8-12-19(21)26-27-20-14-18(22(29)15-23(20)30)24(31)17-10-6-5-7-11-17/h5-15,29-30H,2,4H2,1,3H3. The van der Waals surface area contributed by atoms with E-state index in [1.54, 1.807) is 61.5 Å². The molecule has 7 heteroatoms. The van der Waals surface area contributed by atoms with Gasteiger partial charge in [-0.3, -0.25) is 9.59 Å². The van der Waals surface area contributed by atoms with E-state index < -0.39 is 5.78 Å². The number of aromatic hydroxyl groups is 2. The minimum atomic E-state index is -0.413. The van der Waals surface area contributed by atoms with Crippen LogP contribution < -0.4 is 4.90 Å². The van der Waals surface area contributed by atoms with Gasteiger partial charge in [0.15, 0.2) is 5.78 Å². The summed E-state index contributed by atoms with van der Waals surface area (Å²) in [6.07, 6.45) is 0. The third kappa shape index (κ3) is 4.73. The molecular weight excluding hydrogens is 406 g/mol. The molecule has 3 aromatic carbocycles. The third-order valence-corrected chi connectivity index (χ3v) is 4.74. The maximum Gasteiger partial charge on any atom is 0.253 e. The summed E-state index contributed by atoms with van der Waals surface area (Å²) in [5.41, 5.74) is 1.70. The van der Waals surface area contributed by atoms with Gasteiger partial charge in [-0.1, -0.05) is 49.0 Å². The molecule has 0 atom stereocenters. The van der Waals surface area contributed by atoms with Crippen LogP contribution in [0.25, 0.3) is 0 Å². The summed E-state index contributed by atoms with van der Waals surface area (Å²) in [6, 6.07) is 17.7. The summed E-state index contributed by atoms with van der Waals surface area (Å²) in [6.45, 7) is 7.58. The SMILES string of the molecule is C=C(C)C(=O)N(CC)c1ccccc1N=Nc1cc(C(=O)c2ccccc2)c(O)cc1O. The molecule has 0 bridgehead atoms. The van der Waals surface area contributed by atoms with Gasteiger partial charge in [-0.05, 0) is 32.0 Å². The number of benzene rings is 3. The van der Waals surface area contributed by atoms with Gasteiger partial charge < -0.3 is 15.1 Å². The summed E-state index contributed by atoms with van der Waals surface area (Å²) in [4.78, 5) is 26.8. The Morgan fingerprint density at radius 1 is 0.906 bits per heavy atom. The first kappa shape index (κ1) is 22.4. The number of likely N-dealkylation sites (N-methyl/N-ethyl adjacent to an activating group) is 1. The van der Waals surface area contributed by atoms with Crippen LogP contribution in [0.3, 0.4) is 0 Å². The topological polar surface area (TPSA) is 103 Å². The van der Waals surface area contributed by atoms with Gasteiger partial charge in [0.2, 0.25) is 0 Å². The molecule has 0 saturated heterocycles. The van der Waals surface area contributed by atoms with Crippen molar-refractivity contribution in [2.45, 2.75) is 13.8 Å². The summed E-state index contributed by atoms with van der Waals surface area (Å²) in [7, 11) is 0. The zero-order valence-electron chi connectivity index (χ0n) is 17.8. The van der Waals surface area contributed by atoms with Crippen LogP contribution in [0, 0.1) is 0 Å². The molecule has 0 heterocycles. The Labute approximate surface area is 186 Å². The quantitative estimate of drug-likeness (QED) is 0.287. The van der Waals surface area contributed by atoms with Crippen molar-refractivity contribution in [2.24, 2.45) is 10.2 Å². The third-order valence-electron chi connectivity index (χ3n) is 4.74. The molecule has 7 nitrogen and oxygen atoms in total. The zero-order chi connectivity index (χ0) is 23.3. The fourth-order valence-corrected chi connectivity index (χ4v) is 3.11. The number of amides is 1. The summed E-state index contributed by atoms with van der Waals surface area (Å²) >= 11 is 0. The van der Waals surface area contributed by atoms with Gasteiger partial charge in [0.25, 0.3) is 5.91 Å². The van der Waals surface area contributed by atoms with Crippen LogP contribution in [0.1, 0.15) is 29.8 Å². The van der Waals surface area contributed by atoms with Crippen molar-refractivity contribution in [3.05, 3.63) is 90.0 Å². The average molecular weight is 429 g/mol. The van der Waals surface area contributed by atoms with E-state index in [0.29, 0.717) is 29.1 Å². The zero-order valence-corrected chi connectivity index (χ0v) is 17.8. The number of carbonyl (C=O) groups excluding carboxylic acids is 2. The van der Waals surface area contributed by atoms with E-state index in [1.165, 1.54) is 11.0 Å². The van der Waals surface area contributed by atoms with Gasteiger partial charge in [-0.2, -0.15) is 0 Å². The molecule has 0 aliphatic rings. The van der Waals surface area contributed by atoms with Gasteiger partial charge in [0.1, 0.15) is 22.9 Å². The predicted molar refractivity (Wildman–Crippen MR) is 123 cm³/mol. The lowest BCUT2D eigenvalue weighted by atomic mass is 10.0. The van der Waals surface area contributed by atoms with Crippen molar-refractivity contribution in [1.29, 1.82) is 0 Å². The first-order valence-electron chi connectivity index (χ1n) is 9.97. The van der Waals surface area contributed by atoms with E-state index in [0.717, 1.165) is 6.07 Å². The van der Waals surface area contributed by atoms with Crippen molar-refractivity contribution >= 4 is 28.8 Å². The molecule has 1 amide bonds. The maximum absolute atomic E-state index is 12.8. The van der Waals surface area contributed by atoms with Crippen LogP contribution in [0.4, 0.5) is 17.1 Å². The average Bonchev–Trinajstić information content (AvgIpc) is 2.79. The van der Waals surface area contributed by atoms with Crippen molar-refractivity contribution in [3.8, 4) is 11.5 Å². The molecule has 162 valence electrons. The molecule has 3 rings (SSSR count). The second kappa shape index (κ2) is 9.70. The lowest BCUT2D eigenvalue weighted by Gasteiger charge is -2.22. The number of hydrogen-bond acceptors (Lipinski definition) is 6. The normalized spacial score (nSPS) is 10.8. The number of hydrogen-bond donors (Lipinski definition) is 2.